The van der Waals surface area contributed by atoms with Crippen LogP contribution in [-0.2, 0) is 0 Å². The summed E-state index contributed by atoms with van der Waals surface area (Å²) in [6.45, 7) is 1.62. The first kappa shape index (κ1) is 13.7. The molecule has 0 spiro atoms. The molecular formula is C12H12FN5O2. The second kappa shape index (κ2) is 5.49. The number of anilines is 3. The molecule has 0 aliphatic heterocycles. The normalized spacial score (nSPS) is 10.2. The minimum Gasteiger partial charge on any atom is -0.334 e. The summed E-state index contributed by atoms with van der Waals surface area (Å²) in [5, 5.41) is 13.6. The first-order valence-corrected chi connectivity index (χ1v) is 5.66. The first-order valence-electron chi connectivity index (χ1n) is 5.66. The Labute approximate surface area is 113 Å². The van der Waals surface area contributed by atoms with Gasteiger partial charge in [0.05, 0.1) is 4.92 Å². The number of aryl methyl sites for hydroxylation is 1. The van der Waals surface area contributed by atoms with Crippen LogP contribution in [0, 0.1) is 22.9 Å². The summed E-state index contributed by atoms with van der Waals surface area (Å²) < 4.78 is 13.5. The van der Waals surface area contributed by atoms with E-state index in [2.05, 4.69) is 15.7 Å². The average molecular weight is 277 g/mol. The van der Waals surface area contributed by atoms with E-state index in [9.17, 15) is 14.5 Å². The molecule has 0 fully saturated rings. The summed E-state index contributed by atoms with van der Waals surface area (Å²) in [5.74, 6) is 5.04. The largest absolute Gasteiger partial charge is 0.334 e. The van der Waals surface area contributed by atoms with Crippen molar-refractivity contribution < 1.29 is 9.31 Å². The van der Waals surface area contributed by atoms with E-state index in [1.807, 2.05) is 0 Å². The van der Waals surface area contributed by atoms with Gasteiger partial charge in [-0.05, 0) is 30.7 Å². The van der Waals surface area contributed by atoms with Gasteiger partial charge in [0.15, 0.2) is 0 Å². The summed E-state index contributed by atoms with van der Waals surface area (Å²) in [5.41, 5.74) is 2.90. The van der Waals surface area contributed by atoms with Crippen molar-refractivity contribution in [1.29, 1.82) is 0 Å². The van der Waals surface area contributed by atoms with Crippen molar-refractivity contribution in [3.8, 4) is 0 Å². The maximum Gasteiger partial charge on any atom is 0.311 e. The quantitative estimate of drug-likeness (QED) is 0.450. The molecule has 4 N–H and O–H groups in total. The zero-order chi connectivity index (χ0) is 14.7. The minimum atomic E-state index is -0.583. The van der Waals surface area contributed by atoms with Gasteiger partial charge in [0.25, 0.3) is 0 Å². The van der Waals surface area contributed by atoms with Gasteiger partial charge in [-0.15, -0.1) is 0 Å². The van der Waals surface area contributed by atoms with Gasteiger partial charge < -0.3 is 10.7 Å². The molecule has 0 bridgehead atoms. The Morgan fingerprint density at radius 3 is 2.70 bits per heavy atom. The molecule has 1 heterocycles. The SMILES string of the molecule is Cc1ccc(Nc2nc(NN)ccc2[N+](=O)[O-])cc1F. The third-order valence-corrected chi connectivity index (χ3v) is 2.65. The Morgan fingerprint density at radius 1 is 1.35 bits per heavy atom. The Hall–Kier alpha value is -2.74. The van der Waals surface area contributed by atoms with Crippen LogP contribution < -0.4 is 16.6 Å². The fourth-order valence-electron chi connectivity index (χ4n) is 1.58. The lowest BCUT2D eigenvalue weighted by molar-refractivity contribution is -0.384. The molecule has 0 aliphatic carbocycles. The van der Waals surface area contributed by atoms with Gasteiger partial charge in [-0.1, -0.05) is 6.07 Å². The molecule has 7 nitrogen and oxygen atoms in total. The van der Waals surface area contributed by atoms with E-state index < -0.39 is 10.7 Å². The van der Waals surface area contributed by atoms with Crippen molar-refractivity contribution in [3.05, 3.63) is 51.8 Å². The van der Waals surface area contributed by atoms with E-state index in [-0.39, 0.29) is 17.3 Å². The molecule has 0 saturated heterocycles. The lowest BCUT2D eigenvalue weighted by Crippen LogP contribution is -2.10. The van der Waals surface area contributed by atoms with Crippen LogP contribution in [0.1, 0.15) is 5.56 Å². The van der Waals surface area contributed by atoms with Gasteiger partial charge in [0, 0.05) is 11.8 Å². The van der Waals surface area contributed by atoms with Gasteiger partial charge in [0.2, 0.25) is 5.82 Å². The van der Waals surface area contributed by atoms with Crippen LogP contribution in [0.15, 0.2) is 30.3 Å². The first-order chi connectivity index (χ1) is 9.51. The number of nitrogens with zero attached hydrogens (tertiary/aromatic N) is 2. The Bertz CT molecular complexity index is 662. The van der Waals surface area contributed by atoms with Crippen LogP contribution in [0.4, 0.5) is 27.4 Å². The molecule has 1 aromatic carbocycles. The Morgan fingerprint density at radius 2 is 2.10 bits per heavy atom. The van der Waals surface area contributed by atoms with Crippen LogP contribution in [-0.4, -0.2) is 9.91 Å². The van der Waals surface area contributed by atoms with Crippen molar-refractivity contribution in [1.82, 2.24) is 4.98 Å². The second-order valence-electron chi connectivity index (χ2n) is 4.05. The lowest BCUT2D eigenvalue weighted by Gasteiger charge is -2.08. The molecule has 104 valence electrons. The monoisotopic (exact) mass is 277 g/mol. The number of hydrogen-bond donors (Lipinski definition) is 3. The molecule has 0 aliphatic rings. The smallest absolute Gasteiger partial charge is 0.311 e. The summed E-state index contributed by atoms with van der Waals surface area (Å²) >= 11 is 0. The molecule has 0 saturated carbocycles. The number of hydrogen-bond acceptors (Lipinski definition) is 6. The molecule has 2 aromatic rings. The topological polar surface area (TPSA) is 106 Å². The lowest BCUT2D eigenvalue weighted by atomic mass is 10.2. The number of aromatic nitrogens is 1. The third-order valence-electron chi connectivity index (χ3n) is 2.65. The van der Waals surface area contributed by atoms with E-state index in [1.165, 1.54) is 18.2 Å². The maximum atomic E-state index is 13.5. The standard InChI is InChI=1S/C12H12FN5O2/c1-7-2-3-8(6-9(7)13)15-12-10(18(19)20)4-5-11(16-12)17-14/h2-6H,14H2,1H3,(H2,15,16,17). The zero-order valence-corrected chi connectivity index (χ0v) is 10.6. The minimum absolute atomic E-state index is 0.0197. The van der Waals surface area contributed by atoms with Gasteiger partial charge in [-0.2, -0.15) is 0 Å². The Kier molecular flexibility index (Phi) is 3.76. The Balaban J connectivity index is 2.40. The number of nitro groups is 1. The van der Waals surface area contributed by atoms with Crippen molar-refractivity contribution in [2.24, 2.45) is 5.84 Å². The number of nitrogen functional groups attached to an aromatic ring is 1. The van der Waals surface area contributed by atoms with Crippen molar-refractivity contribution >= 4 is 23.0 Å². The van der Waals surface area contributed by atoms with Crippen LogP contribution in [0.5, 0.6) is 0 Å². The van der Waals surface area contributed by atoms with Gasteiger partial charge in [0.1, 0.15) is 11.6 Å². The number of nitrogens with one attached hydrogen (secondary N) is 2. The number of nitrogens with two attached hydrogens (primary N) is 1. The molecule has 1 aromatic heterocycles. The highest BCUT2D eigenvalue weighted by molar-refractivity contribution is 5.67. The van der Waals surface area contributed by atoms with Crippen LogP contribution in [0.2, 0.25) is 0 Å². The van der Waals surface area contributed by atoms with Crippen LogP contribution >= 0.6 is 0 Å². The van der Waals surface area contributed by atoms with E-state index in [0.717, 1.165) is 0 Å². The average Bonchev–Trinajstić information content (AvgIpc) is 2.42. The molecular weight excluding hydrogens is 265 g/mol. The second-order valence-corrected chi connectivity index (χ2v) is 4.05. The fraction of sp³-hybridized carbons (Fsp3) is 0.0833. The van der Waals surface area contributed by atoms with Crippen LogP contribution in [0.3, 0.4) is 0 Å². The number of halogens is 1. The van der Waals surface area contributed by atoms with Gasteiger partial charge >= 0.3 is 5.69 Å². The third kappa shape index (κ3) is 2.81. The fourth-order valence-corrected chi connectivity index (χ4v) is 1.58. The summed E-state index contributed by atoms with van der Waals surface area (Å²) in [4.78, 5) is 14.3. The van der Waals surface area contributed by atoms with E-state index in [4.69, 9.17) is 5.84 Å². The van der Waals surface area contributed by atoms with E-state index >= 15 is 0 Å². The zero-order valence-electron chi connectivity index (χ0n) is 10.6. The molecule has 0 radical (unpaired) electrons. The maximum absolute atomic E-state index is 13.5. The molecule has 2 rings (SSSR count). The number of pyridine rings is 1. The number of rotatable bonds is 4. The van der Waals surface area contributed by atoms with Crippen molar-refractivity contribution in [2.75, 3.05) is 10.7 Å². The van der Waals surface area contributed by atoms with E-state index in [0.29, 0.717) is 11.3 Å². The van der Waals surface area contributed by atoms with Crippen molar-refractivity contribution in [3.63, 3.8) is 0 Å². The molecule has 0 unspecified atom stereocenters. The summed E-state index contributed by atoms with van der Waals surface area (Å²) in [6.07, 6.45) is 0. The summed E-state index contributed by atoms with van der Waals surface area (Å²) in [6, 6.07) is 7.04. The molecule has 0 amide bonds. The van der Waals surface area contributed by atoms with Crippen LogP contribution in [0.25, 0.3) is 0 Å². The van der Waals surface area contributed by atoms with Crippen molar-refractivity contribution in [2.45, 2.75) is 6.92 Å². The summed E-state index contributed by atoms with van der Waals surface area (Å²) in [7, 11) is 0. The number of benzene rings is 1. The van der Waals surface area contributed by atoms with E-state index in [1.54, 1.807) is 19.1 Å². The van der Waals surface area contributed by atoms with Gasteiger partial charge in [-0.3, -0.25) is 10.1 Å². The molecule has 8 heteroatoms. The molecule has 0 atom stereocenters. The highest BCUT2D eigenvalue weighted by Crippen LogP contribution is 2.27. The highest BCUT2D eigenvalue weighted by atomic mass is 19.1. The predicted octanol–water partition coefficient (Wildman–Crippen LogP) is 2.47. The van der Waals surface area contributed by atoms with Gasteiger partial charge in [-0.25, -0.2) is 15.2 Å². The predicted molar refractivity (Wildman–Crippen MR) is 73.1 cm³/mol. The number of hydrazine groups is 1. The molecule has 20 heavy (non-hydrogen) atoms. The highest BCUT2D eigenvalue weighted by Gasteiger charge is 2.16.